The predicted molar refractivity (Wildman–Crippen MR) is 198 cm³/mol. The maximum atomic E-state index is 13.5. The molecule has 0 heterocycles. The molecule has 4 N–H and O–H groups in total. The second kappa shape index (κ2) is 20.1. The maximum Gasteiger partial charge on any atom is 0.306 e. The highest BCUT2D eigenvalue weighted by atomic mass is 16.5. The summed E-state index contributed by atoms with van der Waals surface area (Å²) in [6.07, 6.45) is 3.85. The van der Waals surface area contributed by atoms with E-state index in [-0.39, 0.29) is 25.9 Å². The Morgan fingerprint density at radius 3 is 2.22 bits per heavy atom. The predicted octanol–water partition coefficient (Wildman–Crippen LogP) is 5.65. The quantitative estimate of drug-likeness (QED) is 0.0693. The van der Waals surface area contributed by atoms with E-state index in [0.29, 0.717) is 30.9 Å². The standard InChI is InChI=1S/C41H45N3O7/c1-3-5-16-39(47)51-28-37(41(49)43-34-20-19-31-14-9-10-15-32(31)24-34)44-40(48)33(11-4-2)25-38(46)42-35(26-45)23-29-17-21-36(22-18-29)50-27-30-12-7-6-8-13-30/h3-4,6-10,12-15,17-22,24,33,35,37,45H,1-2,5,11,16,23,25-28H2,(H,42,46)(H,43,49)(H,44,48)/t33-,35+,37+/m1/s1. The molecule has 0 aliphatic rings. The van der Waals surface area contributed by atoms with Crippen LogP contribution in [0, 0.1) is 5.92 Å². The largest absolute Gasteiger partial charge is 0.489 e. The number of aliphatic hydroxyl groups is 1. The number of nitrogens with one attached hydrogen (secondary N) is 3. The summed E-state index contributed by atoms with van der Waals surface area (Å²) < 4.78 is 11.2. The Morgan fingerprint density at radius 2 is 1.51 bits per heavy atom. The zero-order valence-electron chi connectivity index (χ0n) is 28.6. The summed E-state index contributed by atoms with van der Waals surface area (Å²) >= 11 is 0. The molecule has 0 saturated heterocycles. The van der Waals surface area contributed by atoms with E-state index in [4.69, 9.17) is 9.47 Å². The zero-order chi connectivity index (χ0) is 36.4. The third kappa shape index (κ3) is 12.6. The number of benzene rings is 4. The van der Waals surface area contributed by atoms with Crippen molar-refractivity contribution in [2.24, 2.45) is 5.92 Å². The first-order valence-corrected chi connectivity index (χ1v) is 16.9. The molecule has 51 heavy (non-hydrogen) atoms. The Balaban J connectivity index is 1.35. The molecule has 0 fully saturated rings. The van der Waals surface area contributed by atoms with Crippen molar-refractivity contribution in [3.63, 3.8) is 0 Å². The van der Waals surface area contributed by atoms with Crippen LogP contribution in [-0.2, 0) is 36.9 Å². The highest BCUT2D eigenvalue weighted by Crippen LogP contribution is 2.20. The van der Waals surface area contributed by atoms with Gasteiger partial charge in [-0.2, -0.15) is 0 Å². The van der Waals surface area contributed by atoms with Crippen molar-refractivity contribution in [2.45, 2.75) is 50.8 Å². The van der Waals surface area contributed by atoms with Gasteiger partial charge in [0.2, 0.25) is 11.8 Å². The molecule has 0 bridgehead atoms. The third-order valence-corrected chi connectivity index (χ3v) is 8.11. The number of ether oxygens (including phenoxy) is 2. The van der Waals surface area contributed by atoms with E-state index < -0.39 is 48.3 Å². The Morgan fingerprint density at radius 1 is 0.784 bits per heavy atom. The Kier molecular flexibility index (Phi) is 15.0. The molecule has 266 valence electrons. The van der Waals surface area contributed by atoms with E-state index in [0.717, 1.165) is 21.9 Å². The lowest BCUT2D eigenvalue weighted by atomic mass is 9.98. The van der Waals surface area contributed by atoms with Crippen LogP contribution in [0.15, 0.2) is 122 Å². The summed E-state index contributed by atoms with van der Waals surface area (Å²) in [7, 11) is 0. The van der Waals surface area contributed by atoms with E-state index in [1.165, 1.54) is 6.08 Å². The number of hydrogen-bond donors (Lipinski definition) is 4. The van der Waals surface area contributed by atoms with Gasteiger partial charge in [0.05, 0.1) is 18.6 Å². The molecule has 10 nitrogen and oxygen atoms in total. The molecule has 3 atom stereocenters. The van der Waals surface area contributed by atoms with Gasteiger partial charge in [0.15, 0.2) is 0 Å². The Bertz CT molecular complexity index is 1780. The molecule has 0 aliphatic carbocycles. The highest BCUT2D eigenvalue weighted by Gasteiger charge is 2.28. The number of hydrogen-bond acceptors (Lipinski definition) is 7. The summed E-state index contributed by atoms with van der Waals surface area (Å²) in [6.45, 7) is 7.04. The molecule has 0 saturated carbocycles. The molecule has 0 spiro atoms. The number of esters is 1. The van der Waals surface area contributed by atoms with Gasteiger partial charge in [-0.1, -0.05) is 84.9 Å². The van der Waals surface area contributed by atoms with Crippen molar-refractivity contribution >= 4 is 40.2 Å². The molecule has 3 amide bonds. The number of carbonyl (C=O) groups excluding carboxylic acids is 4. The van der Waals surface area contributed by atoms with Gasteiger partial charge in [-0.3, -0.25) is 19.2 Å². The molecule has 4 aromatic carbocycles. The van der Waals surface area contributed by atoms with E-state index in [2.05, 4.69) is 29.1 Å². The monoisotopic (exact) mass is 691 g/mol. The third-order valence-electron chi connectivity index (χ3n) is 8.11. The topological polar surface area (TPSA) is 143 Å². The maximum absolute atomic E-state index is 13.5. The van der Waals surface area contributed by atoms with Gasteiger partial charge in [0, 0.05) is 18.5 Å². The Hall–Kier alpha value is -5.74. The molecule has 0 radical (unpaired) electrons. The summed E-state index contributed by atoms with van der Waals surface area (Å²) in [4.78, 5) is 52.3. The molecule has 4 rings (SSSR count). The molecule has 0 aliphatic heterocycles. The van der Waals surface area contributed by atoms with Crippen LogP contribution in [0.3, 0.4) is 0 Å². The fourth-order valence-corrected chi connectivity index (χ4v) is 5.34. The van der Waals surface area contributed by atoms with Gasteiger partial charge in [-0.05, 0) is 65.4 Å². The lowest BCUT2D eigenvalue weighted by Crippen LogP contribution is -2.49. The van der Waals surface area contributed by atoms with Crippen molar-refractivity contribution in [1.82, 2.24) is 10.6 Å². The minimum Gasteiger partial charge on any atom is -0.489 e. The number of anilines is 1. The summed E-state index contributed by atoms with van der Waals surface area (Å²) in [5.74, 6) is -2.35. The van der Waals surface area contributed by atoms with Gasteiger partial charge in [-0.25, -0.2) is 0 Å². The number of aliphatic hydroxyl groups excluding tert-OH is 1. The van der Waals surface area contributed by atoms with Gasteiger partial charge in [0.25, 0.3) is 5.91 Å². The molecular formula is C41H45N3O7. The first-order chi connectivity index (χ1) is 24.8. The minimum absolute atomic E-state index is 0.0773. The van der Waals surface area contributed by atoms with E-state index in [1.807, 2.05) is 84.9 Å². The van der Waals surface area contributed by atoms with Crippen LogP contribution >= 0.6 is 0 Å². The van der Waals surface area contributed by atoms with Crippen LogP contribution in [-0.4, -0.2) is 54.1 Å². The summed E-state index contributed by atoms with van der Waals surface area (Å²) in [5, 5.41) is 20.2. The molecule has 4 aromatic rings. The van der Waals surface area contributed by atoms with E-state index in [9.17, 15) is 24.3 Å². The number of amides is 3. The second-order valence-electron chi connectivity index (χ2n) is 12.1. The van der Waals surface area contributed by atoms with Crippen molar-refractivity contribution in [2.75, 3.05) is 18.5 Å². The van der Waals surface area contributed by atoms with Crippen molar-refractivity contribution in [3.8, 4) is 5.75 Å². The summed E-state index contributed by atoms with van der Waals surface area (Å²) in [5.41, 5.74) is 2.43. The van der Waals surface area contributed by atoms with Gasteiger partial charge in [-0.15, -0.1) is 13.2 Å². The van der Waals surface area contributed by atoms with Crippen LogP contribution in [0.2, 0.25) is 0 Å². The van der Waals surface area contributed by atoms with E-state index >= 15 is 0 Å². The van der Waals surface area contributed by atoms with Crippen molar-refractivity contribution in [1.29, 1.82) is 0 Å². The normalized spacial score (nSPS) is 12.5. The molecule has 10 heteroatoms. The SMILES string of the molecule is C=CCCC(=O)OC[C@H](NC(=O)[C@H](CC=C)CC(=O)N[C@H](CO)Cc1ccc(OCc2ccccc2)cc1)C(=O)Nc1ccc2ccccc2c1. The number of rotatable bonds is 20. The van der Waals surface area contributed by atoms with Gasteiger partial charge >= 0.3 is 5.97 Å². The lowest BCUT2D eigenvalue weighted by Gasteiger charge is -2.23. The fraction of sp³-hybridized carbons (Fsp3) is 0.268. The van der Waals surface area contributed by atoms with Crippen LogP contribution < -0.4 is 20.7 Å². The zero-order valence-corrected chi connectivity index (χ0v) is 28.6. The van der Waals surface area contributed by atoms with Crippen LogP contribution in [0.1, 0.15) is 36.8 Å². The van der Waals surface area contributed by atoms with Crippen molar-refractivity contribution in [3.05, 3.63) is 133 Å². The van der Waals surface area contributed by atoms with Crippen LogP contribution in [0.25, 0.3) is 10.8 Å². The summed E-state index contributed by atoms with van der Waals surface area (Å²) in [6, 6.07) is 28.5. The van der Waals surface area contributed by atoms with Gasteiger partial charge < -0.3 is 30.5 Å². The van der Waals surface area contributed by atoms with Crippen molar-refractivity contribution < 1.29 is 33.8 Å². The lowest BCUT2D eigenvalue weighted by molar-refractivity contribution is -0.146. The minimum atomic E-state index is -1.24. The first-order valence-electron chi connectivity index (χ1n) is 16.9. The smallest absolute Gasteiger partial charge is 0.306 e. The number of allylic oxidation sites excluding steroid dienone is 2. The molecular weight excluding hydrogens is 646 g/mol. The molecule has 0 aromatic heterocycles. The van der Waals surface area contributed by atoms with Crippen LogP contribution in [0.4, 0.5) is 5.69 Å². The average Bonchev–Trinajstić information content (AvgIpc) is 3.15. The highest BCUT2D eigenvalue weighted by molar-refractivity contribution is 5.99. The molecule has 0 unspecified atom stereocenters. The van der Waals surface area contributed by atoms with E-state index in [1.54, 1.807) is 18.2 Å². The van der Waals surface area contributed by atoms with Crippen LogP contribution in [0.5, 0.6) is 5.75 Å². The first kappa shape index (κ1) is 38.1. The number of fused-ring (bicyclic) bond motifs is 1. The van der Waals surface area contributed by atoms with Gasteiger partial charge in [0.1, 0.15) is 25.0 Å². The fourth-order valence-electron chi connectivity index (χ4n) is 5.34. The second-order valence-corrected chi connectivity index (χ2v) is 12.1. The Labute approximate surface area is 298 Å². The number of carbonyl (C=O) groups is 4. The average molecular weight is 692 g/mol.